The molecule has 0 aliphatic heterocycles. The molecule has 1 amide bonds. The molecule has 0 aliphatic rings. The first kappa shape index (κ1) is 17.0. The van der Waals surface area contributed by atoms with Gasteiger partial charge in [0.25, 0.3) is 5.91 Å². The molecule has 0 aliphatic carbocycles. The zero-order valence-corrected chi connectivity index (χ0v) is 13.5. The van der Waals surface area contributed by atoms with Gasteiger partial charge in [-0.25, -0.2) is 13.6 Å². The average molecular weight is 334 g/mol. The van der Waals surface area contributed by atoms with Gasteiger partial charge < -0.3 is 10.1 Å². The molecule has 0 fully saturated rings. The minimum absolute atomic E-state index is 0.109. The summed E-state index contributed by atoms with van der Waals surface area (Å²) < 4.78 is 27.4. The maximum atomic E-state index is 11.8. The summed E-state index contributed by atoms with van der Waals surface area (Å²) in [5.74, 6) is 0.0802. The van der Waals surface area contributed by atoms with Crippen LogP contribution in [-0.4, -0.2) is 20.9 Å². The standard InChI is InChI=1S/C16H18N2O4S/c1-12-2-8-15(9-3-12)22-10-16(19)18-14-6-4-13(5-7-14)11-23(17,20)21/h2-9H,10-11H2,1H3,(H,18,19)(H2,17,20,21). The van der Waals surface area contributed by atoms with Gasteiger partial charge in [0.2, 0.25) is 10.0 Å². The molecule has 3 N–H and O–H groups in total. The molecule has 0 atom stereocenters. The molecule has 0 spiro atoms. The van der Waals surface area contributed by atoms with Crippen LogP contribution < -0.4 is 15.2 Å². The zero-order chi connectivity index (χ0) is 16.9. The van der Waals surface area contributed by atoms with Gasteiger partial charge in [-0.05, 0) is 36.8 Å². The second-order valence-corrected chi connectivity index (χ2v) is 6.77. The smallest absolute Gasteiger partial charge is 0.262 e. The highest BCUT2D eigenvalue weighted by molar-refractivity contribution is 7.88. The summed E-state index contributed by atoms with van der Waals surface area (Å²) in [6.07, 6.45) is 0. The van der Waals surface area contributed by atoms with Crippen LogP contribution in [0.4, 0.5) is 5.69 Å². The Morgan fingerprint density at radius 3 is 2.26 bits per heavy atom. The molecule has 0 radical (unpaired) electrons. The van der Waals surface area contributed by atoms with Gasteiger partial charge in [0, 0.05) is 5.69 Å². The molecule has 0 saturated carbocycles. The van der Waals surface area contributed by atoms with E-state index in [1.165, 1.54) is 0 Å². The Balaban J connectivity index is 1.86. The number of hydrogen-bond acceptors (Lipinski definition) is 4. The van der Waals surface area contributed by atoms with Crippen LogP contribution in [0.15, 0.2) is 48.5 Å². The van der Waals surface area contributed by atoms with E-state index >= 15 is 0 Å². The van der Waals surface area contributed by atoms with Gasteiger partial charge in [0.05, 0.1) is 5.75 Å². The van der Waals surface area contributed by atoms with E-state index < -0.39 is 10.0 Å². The van der Waals surface area contributed by atoms with Crippen molar-refractivity contribution in [3.05, 3.63) is 59.7 Å². The average Bonchev–Trinajstić information content (AvgIpc) is 2.47. The van der Waals surface area contributed by atoms with Crippen LogP contribution in [0.2, 0.25) is 0 Å². The number of nitrogens with two attached hydrogens (primary N) is 1. The first-order valence-corrected chi connectivity index (χ1v) is 8.62. The van der Waals surface area contributed by atoms with Gasteiger partial charge in [0.1, 0.15) is 5.75 Å². The van der Waals surface area contributed by atoms with Crippen LogP contribution in [0.3, 0.4) is 0 Å². The number of sulfonamides is 1. The van der Waals surface area contributed by atoms with Crippen LogP contribution in [0.25, 0.3) is 0 Å². The van der Waals surface area contributed by atoms with Crippen molar-refractivity contribution >= 4 is 21.6 Å². The number of carbonyl (C=O) groups is 1. The molecule has 2 aromatic rings. The molecule has 0 bridgehead atoms. The van der Waals surface area contributed by atoms with Gasteiger partial charge in [-0.15, -0.1) is 0 Å². The second-order valence-electron chi connectivity index (χ2n) is 5.15. The molecule has 2 aromatic carbocycles. The molecule has 0 heterocycles. The first-order valence-electron chi connectivity index (χ1n) is 6.90. The van der Waals surface area contributed by atoms with Crippen LogP contribution in [0.1, 0.15) is 11.1 Å². The Kier molecular flexibility index (Phi) is 5.36. The summed E-state index contributed by atoms with van der Waals surface area (Å²) in [5, 5.41) is 7.65. The lowest BCUT2D eigenvalue weighted by Gasteiger charge is -2.08. The fraction of sp³-hybridized carbons (Fsp3) is 0.188. The fourth-order valence-electron chi connectivity index (χ4n) is 1.90. The lowest BCUT2D eigenvalue weighted by molar-refractivity contribution is -0.118. The highest BCUT2D eigenvalue weighted by Gasteiger charge is 2.07. The van der Waals surface area contributed by atoms with E-state index in [1.54, 1.807) is 36.4 Å². The molecule has 0 unspecified atom stereocenters. The largest absolute Gasteiger partial charge is 0.484 e. The Labute approximate surface area is 135 Å². The van der Waals surface area contributed by atoms with E-state index in [-0.39, 0.29) is 18.3 Å². The molecule has 7 heteroatoms. The topological polar surface area (TPSA) is 98.5 Å². The second kappa shape index (κ2) is 7.26. The SMILES string of the molecule is Cc1ccc(OCC(=O)Nc2ccc(CS(N)(=O)=O)cc2)cc1. The van der Waals surface area contributed by atoms with E-state index in [1.807, 2.05) is 19.1 Å². The quantitative estimate of drug-likeness (QED) is 0.841. The number of hydrogen-bond donors (Lipinski definition) is 2. The minimum Gasteiger partial charge on any atom is -0.484 e. The lowest BCUT2D eigenvalue weighted by Crippen LogP contribution is -2.20. The van der Waals surface area contributed by atoms with Crippen molar-refractivity contribution in [1.82, 2.24) is 0 Å². The molecule has 23 heavy (non-hydrogen) atoms. The molecular weight excluding hydrogens is 316 g/mol. The number of rotatable bonds is 6. The molecule has 6 nitrogen and oxygen atoms in total. The van der Waals surface area contributed by atoms with Gasteiger partial charge in [-0.3, -0.25) is 4.79 Å². The van der Waals surface area contributed by atoms with Crippen molar-refractivity contribution in [1.29, 1.82) is 0 Å². The Hall–Kier alpha value is -2.38. The predicted octanol–water partition coefficient (Wildman–Crippen LogP) is 1.80. The van der Waals surface area contributed by atoms with Gasteiger partial charge in [0.15, 0.2) is 6.61 Å². The van der Waals surface area contributed by atoms with Crippen LogP contribution in [0, 0.1) is 6.92 Å². The summed E-state index contributed by atoms with van der Waals surface area (Å²) >= 11 is 0. The molecule has 0 saturated heterocycles. The Bertz CT molecular complexity index is 769. The monoisotopic (exact) mass is 334 g/mol. The third-order valence-corrected chi connectivity index (χ3v) is 3.73. The third-order valence-electron chi connectivity index (χ3n) is 3.00. The van der Waals surface area contributed by atoms with Crippen molar-refractivity contribution in [2.45, 2.75) is 12.7 Å². The molecule has 2 rings (SSSR count). The van der Waals surface area contributed by atoms with Crippen LogP contribution >= 0.6 is 0 Å². The maximum absolute atomic E-state index is 11.8. The number of amides is 1. The Morgan fingerprint density at radius 1 is 1.09 bits per heavy atom. The number of nitrogens with one attached hydrogen (secondary N) is 1. The molecule has 0 aromatic heterocycles. The van der Waals surface area contributed by atoms with Gasteiger partial charge >= 0.3 is 0 Å². The van der Waals surface area contributed by atoms with Crippen molar-refractivity contribution in [3.8, 4) is 5.75 Å². The molecular formula is C16H18N2O4S. The summed E-state index contributed by atoms with van der Waals surface area (Å²) in [6, 6.07) is 13.8. The normalized spacial score (nSPS) is 11.0. The highest BCUT2D eigenvalue weighted by Crippen LogP contribution is 2.13. The van der Waals surface area contributed by atoms with Gasteiger partial charge in [-0.2, -0.15) is 0 Å². The van der Waals surface area contributed by atoms with Crippen LogP contribution in [0.5, 0.6) is 5.75 Å². The maximum Gasteiger partial charge on any atom is 0.262 e. The number of ether oxygens (including phenoxy) is 1. The minimum atomic E-state index is -3.56. The number of carbonyl (C=O) groups excluding carboxylic acids is 1. The van der Waals surface area contributed by atoms with Crippen molar-refractivity contribution < 1.29 is 17.9 Å². The first-order chi connectivity index (χ1) is 10.8. The van der Waals surface area contributed by atoms with E-state index in [9.17, 15) is 13.2 Å². The lowest BCUT2D eigenvalue weighted by atomic mass is 10.2. The fourth-order valence-corrected chi connectivity index (χ4v) is 2.55. The van der Waals surface area contributed by atoms with E-state index in [2.05, 4.69) is 5.32 Å². The summed E-state index contributed by atoms with van der Waals surface area (Å²) in [5.41, 5.74) is 2.23. The van der Waals surface area contributed by atoms with Crippen LogP contribution in [-0.2, 0) is 20.6 Å². The van der Waals surface area contributed by atoms with E-state index in [0.717, 1.165) is 5.56 Å². The van der Waals surface area contributed by atoms with Crippen molar-refractivity contribution in [3.63, 3.8) is 0 Å². The summed E-state index contributed by atoms with van der Waals surface area (Å²) in [4.78, 5) is 11.8. The number of anilines is 1. The third kappa shape index (κ3) is 6.09. The molecule has 122 valence electrons. The zero-order valence-electron chi connectivity index (χ0n) is 12.7. The highest BCUT2D eigenvalue weighted by atomic mass is 32.2. The number of aryl methyl sites for hydroxylation is 1. The van der Waals surface area contributed by atoms with Crippen molar-refractivity contribution in [2.24, 2.45) is 5.14 Å². The van der Waals surface area contributed by atoms with Crippen molar-refractivity contribution in [2.75, 3.05) is 11.9 Å². The summed E-state index contributed by atoms with van der Waals surface area (Å²) in [6.45, 7) is 1.86. The number of benzene rings is 2. The van der Waals surface area contributed by atoms with E-state index in [4.69, 9.17) is 9.88 Å². The predicted molar refractivity (Wildman–Crippen MR) is 88.6 cm³/mol. The Morgan fingerprint density at radius 2 is 1.70 bits per heavy atom. The van der Waals surface area contributed by atoms with Gasteiger partial charge in [-0.1, -0.05) is 29.8 Å². The summed E-state index contributed by atoms with van der Waals surface area (Å²) in [7, 11) is -3.56. The number of primary sulfonamides is 1. The van der Waals surface area contributed by atoms with E-state index in [0.29, 0.717) is 17.0 Å².